The van der Waals surface area contributed by atoms with E-state index in [0.29, 0.717) is 30.9 Å². The molecule has 5 rings (SSSR count). The van der Waals surface area contributed by atoms with Crippen LogP contribution in [0.15, 0.2) is 42.5 Å². The lowest BCUT2D eigenvalue weighted by Crippen LogP contribution is -2.33. The smallest absolute Gasteiger partial charge is 0.337 e. The van der Waals surface area contributed by atoms with Gasteiger partial charge in [-0.05, 0) is 49.6 Å². The molecule has 2 aromatic carbocycles. The fraction of sp³-hybridized carbons (Fsp3) is 0.393. The van der Waals surface area contributed by atoms with Crippen molar-refractivity contribution in [1.29, 1.82) is 5.26 Å². The van der Waals surface area contributed by atoms with E-state index in [9.17, 15) is 9.90 Å². The van der Waals surface area contributed by atoms with Gasteiger partial charge in [0.15, 0.2) is 17.6 Å². The van der Waals surface area contributed by atoms with Crippen molar-refractivity contribution >= 4 is 22.6 Å². The first-order valence-corrected chi connectivity index (χ1v) is 12.5. The average molecular weight is 503 g/mol. The third-order valence-corrected chi connectivity index (χ3v) is 6.90. The number of aromatic hydroxyl groups is 1. The maximum Gasteiger partial charge on any atom is 0.337 e. The molecule has 37 heavy (non-hydrogen) atoms. The summed E-state index contributed by atoms with van der Waals surface area (Å²) in [6.45, 7) is 5.26. The number of hydrogen-bond acceptors (Lipinski definition) is 8. The van der Waals surface area contributed by atoms with Crippen molar-refractivity contribution in [3.63, 3.8) is 0 Å². The zero-order valence-electron chi connectivity index (χ0n) is 21.0. The van der Waals surface area contributed by atoms with E-state index in [2.05, 4.69) is 21.6 Å². The van der Waals surface area contributed by atoms with E-state index < -0.39 is 6.10 Å². The molecule has 0 bridgehead atoms. The Bertz CT molecular complexity index is 1390. The number of benzene rings is 2. The highest BCUT2D eigenvalue weighted by Crippen LogP contribution is 2.37. The Hall–Kier alpha value is -3.87. The second-order valence-electron chi connectivity index (χ2n) is 9.37. The third-order valence-electron chi connectivity index (χ3n) is 6.90. The number of aromatic nitrogens is 2. The van der Waals surface area contributed by atoms with E-state index in [4.69, 9.17) is 24.5 Å². The number of esters is 1. The fourth-order valence-corrected chi connectivity index (χ4v) is 4.78. The van der Waals surface area contributed by atoms with Gasteiger partial charge in [-0.3, -0.25) is 4.90 Å². The van der Waals surface area contributed by atoms with E-state index in [-0.39, 0.29) is 17.8 Å². The molecule has 192 valence electrons. The normalized spacial score (nSPS) is 18.5. The topological polar surface area (TPSA) is 110 Å². The second kappa shape index (κ2) is 10.6. The molecule has 0 radical (unpaired) electrons. The number of phenols is 1. The molecule has 9 heteroatoms. The van der Waals surface area contributed by atoms with Crippen LogP contribution in [-0.4, -0.2) is 64.5 Å². The summed E-state index contributed by atoms with van der Waals surface area (Å²) < 4.78 is 18.5. The highest BCUT2D eigenvalue weighted by atomic mass is 16.5. The first-order valence-electron chi connectivity index (χ1n) is 12.5. The summed E-state index contributed by atoms with van der Waals surface area (Å²) in [6, 6.07) is 12.8. The van der Waals surface area contributed by atoms with Gasteiger partial charge in [-0.1, -0.05) is 18.2 Å². The number of fused-ring (bicyclic) bond motifs is 1. The molecule has 1 unspecified atom stereocenters. The maximum absolute atomic E-state index is 12.1. The van der Waals surface area contributed by atoms with Gasteiger partial charge in [-0.25, -0.2) is 9.78 Å². The molecular formula is C28H30N4O5. The molecule has 0 spiro atoms. The Kier molecular flexibility index (Phi) is 7.12. The zero-order valence-corrected chi connectivity index (χ0v) is 21.0. The van der Waals surface area contributed by atoms with Gasteiger partial charge in [0.1, 0.15) is 11.9 Å². The number of imidazole rings is 1. The van der Waals surface area contributed by atoms with Crippen molar-refractivity contribution < 1.29 is 24.1 Å². The Morgan fingerprint density at radius 2 is 2.19 bits per heavy atom. The summed E-state index contributed by atoms with van der Waals surface area (Å²) in [5, 5.41) is 19.5. The van der Waals surface area contributed by atoms with Crippen molar-refractivity contribution in [3.05, 3.63) is 59.4 Å². The number of ether oxygens (including phenoxy) is 3. The average Bonchev–Trinajstić information content (AvgIpc) is 3.23. The number of para-hydroxylation sites is 1. The first-order chi connectivity index (χ1) is 18.0. The molecule has 1 aromatic heterocycles. The molecule has 0 aliphatic carbocycles. The summed E-state index contributed by atoms with van der Waals surface area (Å²) >= 11 is 0. The van der Waals surface area contributed by atoms with Crippen LogP contribution in [0, 0.1) is 11.3 Å². The monoisotopic (exact) mass is 502 g/mol. The third kappa shape index (κ3) is 5.17. The number of nitriles is 1. The number of carbonyl (C=O) groups excluding carboxylic acids is 1. The lowest BCUT2D eigenvalue weighted by molar-refractivity contribution is -0.0591. The van der Waals surface area contributed by atoms with Crippen LogP contribution in [0.3, 0.4) is 0 Å². The first kappa shape index (κ1) is 24.8. The molecule has 0 amide bonds. The van der Waals surface area contributed by atoms with Gasteiger partial charge >= 0.3 is 5.97 Å². The van der Waals surface area contributed by atoms with E-state index >= 15 is 0 Å². The van der Waals surface area contributed by atoms with Crippen LogP contribution in [0.1, 0.15) is 41.5 Å². The Morgan fingerprint density at radius 3 is 2.86 bits per heavy atom. The molecule has 3 heterocycles. The van der Waals surface area contributed by atoms with Crippen LogP contribution in [0.4, 0.5) is 0 Å². The van der Waals surface area contributed by atoms with Crippen molar-refractivity contribution in [1.82, 2.24) is 14.5 Å². The second-order valence-corrected chi connectivity index (χ2v) is 9.37. The molecule has 0 saturated carbocycles. The number of phenolic OH excluding ortho intramolecular Hbond substituents is 1. The summed E-state index contributed by atoms with van der Waals surface area (Å²) in [4.78, 5) is 19.3. The van der Waals surface area contributed by atoms with E-state index in [1.807, 2.05) is 18.2 Å². The molecule has 2 aliphatic heterocycles. The minimum Gasteiger partial charge on any atom is -0.504 e. The molecule has 2 aliphatic rings. The Balaban J connectivity index is 1.38. The molecular weight excluding hydrogens is 472 g/mol. The van der Waals surface area contributed by atoms with Gasteiger partial charge in [0.2, 0.25) is 0 Å². The molecule has 1 fully saturated rings. The highest BCUT2D eigenvalue weighted by Gasteiger charge is 2.25. The minimum atomic E-state index is -0.667. The largest absolute Gasteiger partial charge is 0.504 e. The molecule has 9 nitrogen and oxygen atoms in total. The quantitative estimate of drug-likeness (QED) is 0.462. The summed E-state index contributed by atoms with van der Waals surface area (Å²) in [6.07, 6.45) is 3.38. The molecule has 2 atom stereocenters. The Labute approximate surface area is 215 Å². The lowest BCUT2D eigenvalue weighted by Gasteiger charge is -2.29. The van der Waals surface area contributed by atoms with Crippen LogP contribution >= 0.6 is 0 Å². The molecule has 1 N–H and O–H groups in total. The van der Waals surface area contributed by atoms with Crippen molar-refractivity contribution in [2.45, 2.75) is 45.1 Å². The number of nitrogens with zero attached hydrogens (tertiary/aromatic N) is 4. The fourth-order valence-electron chi connectivity index (χ4n) is 4.78. The number of carbonyl (C=O) groups is 1. The van der Waals surface area contributed by atoms with Gasteiger partial charge in [0, 0.05) is 25.3 Å². The maximum atomic E-state index is 12.1. The molecule has 3 aromatic rings. The van der Waals surface area contributed by atoms with Crippen molar-refractivity contribution in [3.8, 4) is 17.6 Å². The number of rotatable bonds is 8. The van der Waals surface area contributed by atoms with Gasteiger partial charge in [0.25, 0.3) is 0 Å². The van der Waals surface area contributed by atoms with Crippen LogP contribution in [0.25, 0.3) is 16.6 Å². The number of hydrogen-bond donors (Lipinski definition) is 1. The van der Waals surface area contributed by atoms with Gasteiger partial charge in [-0.15, -0.1) is 0 Å². The minimum absolute atomic E-state index is 0.0289. The Morgan fingerprint density at radius 1 is 1.35 bits per heavy atom. The van der Waals surface area contributed by atoms with E-state index in [0.717, 1.165) is 54.0 Å². The number of methoxy groups -OCH3 is 1. The summed E-state index contributed by atoms with van der Waals surface area (Å²) in [5.41, 5.74) is 4.12. The van der Waals surface area contributed by atoms with Crippen molar-refractivity contribution in [2.75, 3.05) is 26.8 Å². The predicted molar refractivity (Wildman–Crippen MR) is 137 cm³/mol. The van der Waals surface area contributed by atoms with E-state index in [1.54, 1.807) is 25.1 Å². The van der Waals surface area contributed by atoms with Gasteiger partial charge in [-0.2, -0.15) is 5.26 Å². The summed E-state index contributed by atoms with van der Waals surface area (Å²) in [7, 11) is 1.38. The SMILES string of the molecule is COC(=O)c1ccc2nc(CN3CC=C(c4cccc(O)c4OC(C)C#N)CC3)n(C[C@@H]3CCO3)c2c1. The molecule has 1 saturated heterocycles. The standard InChI is InChI=1S/C28H30N4O5/c1-18(15-29)37-27-22(4-3-5-25(27)33)19-8-11-31(12-9-19)17-26-30-23-7-6-20(28(34)35-2)14-24(23)32(26)16-21-10-13-36-21/h3-8,14,18,21,33H,9-13,16-17H2,1-2H3/t18?,21-/m0/s1. The van der Waals surface area contributed by atoms with Gasteiger partial charge < -0.3 is 23.9 Å². The highest BCUT2D eigenvalue weighted by molar-refractivity contribution is 5.93. The predicted octanol–water partition coefficient (Wildman–Crippen LogP) is 3.90. The van der Waals surface area contributed by atoms with Gasteiger partial charge in [0.05, 0.1) is 42.9 Å². The van der Waals surface area contributed by atoms with Crippen LogP contribution in [0.5, 0.6) is 11.5 Å². The zero-order chi connectivity index (χ0) is 25.9. The van der Waals surface area contributed by atoms with Crippen LogP contribution < -0.4 is 4.74 Å². The van der Waals surface area contributed by atoms with Crippen LogP contribution in [0.2, 0.25) is 0 Å². The van der Waals surface area contributed by atoms with E-state index in [1.165, 1.54) is 7.11 Å². The van der Waals surface area contributed by atoms with Crippen LogP contribution in [-0.2, 0) is 22.6 Å². The summed E-state index contributed by atoms with van der Waals surface area (Å²) in [5.74, 6) is 0.930. The van der Waals surface area contributed by atoms with Crippen molar-refractivity contribution in [2.24, 2.45) is 0 Å². The lowest BCUT2D eigenvalue weighted by atomic mass is 9.98.